The van der Waals surface area contributed by atoms with Crippen molar-refractivity contribution >= 4 is 11.9 Å². The molecule has 3 aliphatic rings. The van der Waals surface area contributed by atoms with Gasteiger partial charge in [-0.05, 0) is 37.5 Å². The highest BCUT2D eigenvalue weighted by atomic mass is 16.4. The van der Waals surface area contributed by atoms with E-state index in [1.165, 1.54) is 0 Å². The second-order valence-corrected chi connectivity index (χ2v) is 4.30. The summed E-state index contributed by atoms with van der Waals surface area (Å²) in [6.07, 6.45) is 2.72. The lowest BCUT2D eigenvalue weighted by atomic mass is 9.55. The third-order valence-corrected chi connectivity index (χ3v) is 3.43. The number of fused-ring (bicyclic) bond motifs is 2. The van der Waals surface area contributed by atoms with Crippen LogP contribution in [0.5, 0.6) is 0 Å². The monoisotopic (exact) mass is 184 g/mol. The topological polar surface area (TPSA) is 74.6 Å². The minimum atomic E-state index is -1.47. The molecule has 13 heavy (non-hydrogen) atoms. The molecule has 0 heterocycles. The van der Waals surface area contributed by atoms with Crippen LogP contribution in [0, 0.1) is 17.3 Å². The molecule has 2 bridgehead atoms. The Bertz CT molecular complexity index is 239. The van der Waals surface area contributed by atoms with E-state index in [4.69, 9.17) is 10.2 Å². The molecule has 0 unspecified atom stereocenters. The van der Waals surface area contributed by atoms with Gasteiger partial charge in [0.2, 0.25) is 0 Å². The number of carboxylic acid groups (broad SMARTS) is 2. The lowest BCUT2D eigenvalue weighted by Gasteiger charge is -2.48. The third kappa shape index (κ3) is 1.04. The van der Waals surface area contributed by atoms with E-state index in [2.05, 4.69) is 0 Å². The maximum atomic E-state index is 10.9. The highest BCUT2D eigenvalue weighted by molar-refractivity contribution is 5.98. The van der Waals surface area contributed by atoms with Gasteiger partial charge < -0.3 is 10.2 Å². The fourth-order valence-electron chi connectivity index (χ4n) is 2.72. The summed E-state index contributed by atoms with van der Waals surface area (Å²) < 4.78 is 0. The van der Waals surface area contributed by atoms with Gasteiger partial charge in [-0.2, -0.15) is 0 Å². The van der Waals surface area contributed by atoms with Crippen molar-refractivity contribution in [2.24, 2.45) is 17.3 Å². The second-order valence-electron chi connectivity index (χ2n) is 4.30. The molecule has 0 aromatic carbocycles. The Kier molecular flexibility index (Phi) is 1.62. The molecule has 4 heteroatoms. The molecule has 3 saturated carbocycles. The highest BCUT2D eigenvalue weighted by Gasteiger charge is 2.56. The molecule has 0 radical (unpaired) electrons. The fraction of sp³-hybridized carbons (Fsp3) is 0.778. The van der Waals surface area contributed by atoms with E-state index in [9.17, 15) is 9.59 Å². The van der Waals surface area contributed by atoms with Crippen LogP contribution in [-0.4, -0.2) is 22.2 Å². The minimum Gasteiger partial charge on any atom is -0.480 e. The Labute approximate surface area is 75.6 Å². The third-order valence-electron chi connectivity index (χ3n) is 3.43. The summed E-state index contributed by atoms with van der Waals surface area (Å²) in [5.74, 6) is -1.64. The quantitative estimate of drug-likeness (QED) is 0.627. The zero-order valence-electron chi connectivity index (χ0n) is 7.19. The predicted molar refractivity (Wildman–Crippen MR) is 43.2 cm³/mol. The largest absolute Gasteiger partial charge is 0.480 e. The van der Waals surface area contributed by atoms with Gasteiger partial charge in [0.25, 0.3) is 0 Å². The lowest BCUT2D eigenvalue weighted by molar-refractivity contribution is -0.175. The summed E-state index contributed by atoms with van der Waals surface area (Å²) >= 11 is 0. The van der Waals surface area contributed by atoms with Crippen LogP contribution in [0.1, 0.15) is 25.7 Å². The van der Waals surface area contributed by atoms with Gasteiger partial charge >= 0.3 is 11.9 Å². The van der Waals surface area contributed by atoms with E-state index in [0.29, 0.717) is 24.7 Å². The van der Waals surface area contributed by atoms with Crippen molar-refractivity contribution in [2.45, 2.75) is 25.7 Å². The van der Waals surface area contributed by atoms with Crippen LogP contribution < -0.4 is 0 Å². The molecule has 0 spiro atoms. The van der Waals surface area contributed by atoms with Crippen LogP contribution in [0.3, 0.4) is 0 Å². The smallest absolute Gasteiger partial charge is 0.321 e. The van der Waals surface area contributed by atoms with Crippen molar-refractivity contribution in [2.75, 3.05) is 0 Å². The van der Waals surface area contributed by atoms with Gasteiger partial charge in [-0.25, -0.2) is 0 Å². The van der Waals surface area contributed by atoms with Gasteiger partial charge in [-0.15, -0.1) is 0 Å². The maximum Gasteiger partial charge on any atom is 0.321 e. The van der Waals surface area contributed by atoms with Crippen LogP contribution in [-0.2, 0) is 9.59 Å². The summed E-state index contributed by atoms with van der Waals surface area (Å²) in [7, 11) is 0. The van der Waals surface area contributed by atoms with E-state index >= 15 is 0 Å². The number of hydrogen-bond acceptors (Lipinski definition) is 2. The van der Waals surface area contributed by atoms with Gasteiger partial charge in [0.15, 0.2) is 5.41 Å². The van der Waals surface area contributed by atoms with Crippen molar-refractivity contribution < 1.29 is 19.8 Å². The fourth-order valence-corrected chi connectivity index (χ4v) is 2.72. The number of carboxylic acids is 2. The average molecular weight is 184 g/mol. The van der Waals surface area contributed by atoms with Gasteiger partial charge in [0.1, 0.15) is 0 Å². The summed E-state index contributed by atoms with van der Waals surface area (Å²) in [5.41, 5.74) is -1.47. The summed E-state index contributed by atoms with van der Waals surface area (Å²) in [4.78, 5) is 21.8. The van der Waals surface area contributed by atoms with Crippen molar-refractivity contribution in [3.63, 3.8) is 0 Å². The normalized spacial score (nSPS) is 34.8. The molecule has 3 aliphatic carbocycles. The average Bonchev–Trinajstić information content (AvgIpc) is 2.02. The first-order valence-corrected chi connectivity index (χ1v) is 4.51. The van der Waals surface area contributed by atoms with Gasteiger partial charge in [-0.3, -0.25) is 9.59 Å². The Hall–Kier alpha value is -1.06. The Morgan fingerprint density at radius 2 is 1.38 bits per heavy atom. The van der Waals surface area contributed by atoms with Crippen LogP contribution in [0.2, 0.25) is 0 Å². The Morgan fingerprint density at radius 1 is 1.00 bits per heavy atom. The number of hydrogen-bond donors (Lipinski definition) is 2. The predicted octanol–water partition coefficient (Wildman–Crippen LogP) is 0.962. The molecule has 4 nitrogen and oxygen atoms in total. The highest BCUT2D eigenvalue weighted by Crippen LogP contribution is 2.54. The molecule has 3 rings (SSSR count). The SMILES string of the molecule is O=C(O)C1(C(=O)O)CC2CC(C2)C1. The van der Waals surface area contributed by atoms with Crippen molar-refractivity contribution in [1.82, 2.24) is 0 Å². The number of carbonyl (C=O) groups is 2. The molecule has 0 aliphatic heterocycles. The molecule has 2 N–H and O–H groups in total. The van der Waals surface area contributed by atoms with Gasteiger partial charge in [-0.1, -0.05) is 0 Å². The number of rotatable bonds is 2. The first-order valence-electron chi connectivity index (χ1n) is 4.51. The second kappa shape index (κ2) is 2.47. The zero-order valence-corrected chi connectivity index (χ0v) is 7.19. The molecule has 0 aromatic heterocycles. The molecule has 0 saturated heterocycles. The van der Waals surface area contributed by atoms with Crippen LogP contribution >= 0.6 is 0 Å². The van der Waals surface area contributed by atoms with Crippen LogP contribution in [0.15, 0.2) is 0 Å². The van der Waals surface area contributed by atoms with Crippen LogP contribution in [0.4, 0.5) is 0 Å². The molecule has 0 aromatic rings. The first-order chi connectivity index (χ1) is 6.04. The Balaban J connectivity index is 2.24. The lowest BCUT2D eigenvalue weighted by Crippen LogP contribution is -2.50. The zero-order chi connectivity index (χ0) is 9.64. The molecular formula is C9H12O4. The molecule has 72 valence electrons. The number of aliphatic carboxylic acids is 2. The molecule has 3 fully saturated rings. The van der Waals surface area contributed by atoms with Gasteiger partial charge in [0, 0.05) is 0 Å². The van der Waals surface area contributed by atoms with Crippen molar-refractivity contribution in [1.29, 1.82) is 0 Å². The van der Waals surface area contributed by atoms with Crippen LogP contribution in [0.25, 0.3) is 0 Å². The minimum absolute atomic E-state index is 0.328. The standard InChI is InChI=1S/C9H12O4/c10-7(11)9(8(12)13)3-5-1-6(2-5)4-9/h5-6H,1-4H2,(H,10,11)(H,12,13). The first kappa shape index (κ1) is 8.53. The maximum absolute atomic E-state index is 10.9. The van der Waals surface area contributed by atoms with E-state index in [1.54, 1.807) is 0 Å². The Morgan fingerprint density at radius 3 is 1.62 bits per heavy atom. The van der Waals surface area contributed by atoms with Crippen molar-refractivity contribution in [3.05, 3.63) is 0 Å². The van der Waals surface area contributed by atoms with E-state index < -0.39 is 17.4 Å². The summed E-state index contributed by atoms with van der Waals surface area (Å²) in [6, 6.07) is 0. The summed E-state index contributed by atoms with van der Waals surface area (Å²) in [6.45, 7) is 0. The van der Waals surface area contributed by atoms with E-state index in [1.807, 2.05) is 0 Å². The van der Waals surface area contributed by atoms with Gasteiger partial charge in [0.05, 0.1) is 0 Å². The van der Waals surface area contributed by atoms with Crippen molar-refractivity contribution in [3.8, 4) is 0 Å². The molecular weight excluding hydrogens is 172 g/mol. The summed E-state index contributed by atoms with van der Waals surface area (Å²) in [5, 5.41) is 17.8. The van der Waals surface area contributed by atoms with E-state index in [0.717, 1.165) is 12.8 Å². The van der Waals surface area contributed by atoms with E-state index in [-0.39, 0.29) is 0 Å². The molecule has 0 atom stereocenters. The molecule has 0 amide bonds.